The lowest BCUT2D eigenvalue weighted by molar-refractivity contribution is -0.140. The number of aryl methyl sites for hydroxylation is 1. The fourth-order valence-electron chi connectivity index (χ4n) is 2.54. The molecule has 2 atom stereocenters. The van der Waals surface area contributed by atoms with Crippen molar-refractivity contribution in [3.63, 3.8) is 0 Å². The zero-order valence-electron chi connectivity index (χ0n) is 16.6. The highest BCUT2D eigenvalue weighted by Crippen LogP contribution is 2.03. The van der Waals surface area contributed by atoms with Gasteiger partial charge < -0.3 is 31.0 Å². The molecule has 11 heteroatoms. The fraction of sp³-hybridized carbons (Fsp3) is 0.474. The summed E-state index contributed by atoms with van der Waals surface area (Å²) in [5.41, 5.74) is 1.32. The highest BCUT2D eigenvalue weighted by Gasteiger charge is 2.22. The van der Waals surface area contributed by atoms with E-state index in [1.165, 1.54) is 6.20 Å². The zero-order chi connectivity index (χ0) is 22.5. The van der Waals surface area contributed by atoms with E-state index in [9.17, 15) is 24.0 Å². The number of carboxylic acid groups (broad SMARTS) is 2. The van der Waals surface area contributed by atoms with Crippen molar-refractivity contribution in [1.29, 1.82) is 0 Å². The highest BCUT2D eigenvalue weighted by molar-refractivity contribution is 5.94. The van der Waals surface area contributed by atoms with Gasteiger partial charge in [-0.2, -0.15) is 0 Å². The maximum atomic E-state index is 12.0. The number of nitrogens with one attached hydrogen (secondary N) is 3. The SMILES string of the molecule is Cc1cncc(C(=O)NCCCCC(C=O)NC(=O)NC(CCC(=O)O)C(=O)O)c1. The lowest BCUT2D eigenvalue weighted by Gasteiger charge is -2.17. The van der Waals surface area contributed by atoms with E-state index in [-0.39, 0.29) is 12.3 Å². The molecular formula is C19H26N4O7. The Balaban J connectivity index is 2.33. The summed E-state index contributed by atoms with van der Waals surface area (Å²) in [7, 11) is 0. The number of hydrogen-bond donors (Lipinski definition) is 5. The molecule has 3 amide bonds. The van der Waals surface area contributed by atoms with Crippen LogP contribution in [-0.4, -0.2) is 64.0 Å². The highest BCUT2D eigenvalue weighted by atomic mass is 16.4. The third-order valence-corrected chi connectivity index (χ3v) is 4.10. The van der Waals surface area contributed by atoms with Gasteiger partial charge in [-0.1, -0.05) is 0 Å². The van der Waals surface area contributed by atoms with Gasteiger partial charge in [-0.3, -0.25) is 14.6 Å². The van der Waals surface area contributed by atoms with Crippen LogP contribution in [0.1, 0.15) is 48.0 Å². The van der Waals surface area contributed by atoms with Crippen molar-refractivity contribution in [2.24, 2.45) is 0 Å². The van der Waals surface area contributed by atoms with E-state index in [4.69, 9.17) is 10.2 Å². The molecular weight excluding hydrogens is 396 g/mol. The quantitative estimate of drug-likeness (QED) is 0.225. The average molecular weight is 422 g/mol. The molecule has 1 aromatic heterocycles. The number of carboxylic acids is 2. The summed E-state index contributed by atoms with van der Waals surface area (Å²) in [6.45, 7) is 2.21. The topological polar surface area (TPSA) is 175 Å². The van der Waals surface area contributed by atoms with Gasteiger partial charge in [0.05, 0.1) is 11.6 Å². The molecule has 1 heterocycles. The molecule has 0 spiro atoms. The maximum absolute atomic E-state index is 12.0. The van der Waals surface area contributed by atoms with Gasteiger partial charge in [0.15, 0.2) is 0 Å². The molecule has 0 aromatic carbocycles. The smallest absolute Gasteiger partial charge is 0.326 e. The van der Waals surface area contributed by atoms with Crippen molar-refractivity contribution < 1.29 is 34.2 Å². The van der Waals surface area contributed by atoms with Crippen LogP contribution in [0.4, 0.5) is 4.79 Å². The number of urea groups is 1. The lowest BCUT2D eigenvalue weighted by Crippen LogP contribution is -2.49. The molecule has 0 aliphatic heterocycles. The second-order valence-electron chi connectivity index (χ2n) is 6.69. The molecule has 0 aliphatic carbocycles. The second-order valence-corrected chi connectivity index (χ2v) is 6.69. The minimum Gasteiger partial charge on any atom is -0.481 e. The number of nitrogens with zero attached hydrogens (tertiary/aromatic N) is 1. The summed E-state index contributed by atoms with van der Waals surface area (Å²) >= 11 is 0. The van der Waals surface area contributed by atoms with E-state index in [0.717, 1.165) is 5.56 Å². The Hall–Kier alpha value is -3.50. The van der Waals surface area contributed by atoms with Crippen LogP contribution in [0.3, 0.4) is 0 Å². The molecule has 0 aliphatic rings. The summed E-state index contributed by atoms with van der Waals surface area (Å²) in [6.07, 6.45) is 4.33. The largest absolute Gasteiger partial charge is 0.481 e. The maximum Gasteiger partial charge on any atom is 0.326 e. The number of aromatic nitrogens is 1. The number of unbranched alkanes of at least 4 members (excludes halogenated alkanes) is 1. The van der Waals surface area contributed by atoms with E-state index < -0.39 is 36.5 Å². The first-order valence-electron chi connectivity index (χ1n) is 9.39. The van der Waals surface area contributed by atoms with Gasteiger partial charge in [0.1, 0.15) is 12.3 Å². The molecule has 5 N–H and O–H groups in total. The first-order valence-corrected chi connectivity index (χ1v) is 9.39. The normalized spacial score (nSPS) is 12.3. The summed E-state index contributed by atoms with van der Waals surface area (Å²) in [5.74, 6) is -2.80. The number of carbonyl (C=O) groups excluding carboxylic acids is 3. The Morgan fingerprint density at radius 1 is 1.10 bits per heavy atom. The van der Waals surface area contributed by atoms with Crippen LogP contribution in [0.2, 0.25) is 0 Å². The summed E-state index contributed by atoms with van der Waals surface area (Å²) in [4.78, 5) is 60.6. The van der Waals surface area contributed by atoms with Gasteiger partial charge in [-0.25, -0.2) is 9.59 Å². The van der Waals surface area contributed by atoms with E-state index in [2.05, 4.69) is 20.9 Å². The van der Waals surface area contributed by atoms with Gasteiger partial charge in [-0.05, 0) is 44.2 Å². The van der Waals surface area contributed by atoms with Crippen LogP contribution in [0.25, 0.3) is 0 Å². The van der Waals surface area contributed by atoms with Crippen LogP contribution in [-0.2, 0) is 14.4 Å². The molecule has 0 fully saturated rings. The third kappa shape index (κ3) is 9.62. The van der Waals surface area contributed by atoms with Crippen LogP contribution in [0.15, 0.2) is 18.5 Å². The monoisotopic (exact) mass is 422 g/mol. The van der Waals surface area contributed by atoms with Crippen LogP contribution in [0, 0.1) is 6.92 Å². The van der Waals surface area contributed by atoms with E-state index in [0.29, 0.717) is 37.7 Å². The van der Waals surface area contributed by atoms with E-state index in [1.54, 1.807) is 12.3 Å². The molecule has 0 bridgehead atoms. The van der Waals surface area contributed by atoms with Gasteiger partial charge >= 0.3 is 18.0 Å². The number of pyridine rings is 1. The van der Waals surface area contributed by atoms with Gasteiger partial charge in [0.25, 0.3) is 5.91 Å². The van der Waals surface area contributed by atoms with Crippen molar-refractivity contribution in [1.82, 2.24) is 20.9 Å². The fourth-order valence-corrected chi connectivity index (χ4v) is 2.54. The summed E-state index contributed by atoms with van der Waals surface area (Å²) in [5, 5.41) is 24.9. The summed E-state index contributed by atoms with van der Waals surface area (Å²) in [6, 6.07) is -1.37. The average Bonchev–Trinajstić information content (AvgIpc) is 2.69. The minimum atomic E-state index is -1.38. The van der Waals surface area contributed by atoms with Gasteiger partial charge in [0.2, 0.25) is 0 Å². The first-order chi connectivity index (χ1) is 14.2. The Labute approximate surface area is 173 Å². The number of amides is 3. The molecule has 0 radical (unpaired) electrons. The van der Waals surface area contributed by atoms with Gasteiger partial charge in [-0.15, -0.1) is 0 Å². The number of aldehydes is 1. The van der Waals surface area contributed by atoms with Crippen molar-refractivity contribution in [2.75, 3.05) is 6.54 Å². The number of carbonyl (C=O) groups is 5. The van der Waals surface area contributed by atoms with Gasteiger partial charge in [0, 0.05) is 25.4 Å². The molecule has 0 saturated heterocycles. The van der Waals surface area contributed by atoms with Crippen LogP contribution in [0.5, 0.6) is 0 Å². The third-order valence-electron chi connectivity index (χ3n) is 4.10. The van der Waals surface area contributed by atoms with Crippen molar-refractivity contribution in [2.45, 2.75) is 51.1 Å². The van der Waals surface area contributed by atoms with Crippen molar-refractivity contribution >= 4 is 30.2 Å². The van der Waals surface area contributed by atoms with Crippen molar-refractivity contribution in [3.8, 4) is 0 Å². The Bertz CT molecular complexity index is 769. The Morgan fingerprint density at radius 2 is 1.83 bits per heavy atom. The minimum absolute atomic E-state index is 0.253. The van der Waals surface area contributed by atoms with Crippen molar-refractivity contribution in [3.05, 3.63) is 29.6 Å². The Morgan fingerprint density at radius 3 is 2.43 bits per heavy atom. The summed E-state index contributed by atoms with van der Waals surface area (Å²) < 4.78 is 0. The molecule has 2 unspecified atom stereocenters. The molecule has 1 rings (SSSR count). The second kappa shape index (κ2) is 12.9. The zero-order valence-corrected chi connectivity index (χ0v) is 16.6. The van der Waals surface area contributed by atoms with Crippen LogP contribution < -0.4 is 16.0 Å². The first kappa shape index (κ1) is 24.5. The Kier molecular flexibility index (Phi) is 10.5. The number of hydrogen-bond acceptors (Lipinski definition) is 6. The standard InChI is InChI=1S/C19H26N4O7/c1-12-8-13(10-20-9-12)17(27)21-7-3-2-4-14(11-24)22-19(30)23-15(18(28)29)5-6-16(25)26/h8-11,14-15H,2-7H2,1H3,(H,21,27)(H,25,26)(H,28,29)(H2,22,23,30). The molecule has 164 valence electrons. The molecule has 1 aromatic rings. The molecule has 30 heavy (non-hydrogen) atoms. The number of aliphatic carboxylic acids is 2. The molecule has 0 saturated carbocycles. The predicted octanol–water partition coefficient (Wildman–Crippen LogP) is 0.475. The predicted molar refractivity (Wildman–Crippen MR) is 105 cm³/mol. The van der Waals surface area contributed by atoms with E-state index in [1.807, 2.05) is 6.92 Å². The van der Waals surface area contributed by atoms with Crippen LogP contribution >= 0.6 is 0 Å². The lowest BCUT2D eigenvalue weighted by atomic mass is 10.1. The number of rotatable bonds is 13. The molecule has 11 nitrogen and oxygen atoms in total. The van der Waals surface area contributed by atoms with E-state index >= 15 is 0 Å².